The fraction of sp³-hybridized carbons (Fsp3) is 0.455. The van der Waals surface area contributed by atoms with Gasteiger partial charge >= 0.3 is 0 Å². The van der Waals surface area contributed by atoms with Crippen LogP contribution >= 0.6 is 23.1 Å². The maximum Gasteiger partial charge on any atom is 0.208 e. The summed E-state index contributed by atoms with van der Waals surface area (Å²) in [5.74, 6) is 0. The van der Waals surface area contributed by atoms with Gasteiger partial charge < -0.3 is 10.6 Å². The predicted molar refractivity (Wildman–Crippen MR) is 77.7 cm³/mol. The highest BCUT2D eigenvalue weighted by molar-refractivity contribution is 8.00. The van der Waals surface area contributed by atoms with Crippen LogP contribution in [0, 0.1) is 0 Å². The van der Waals surface area contributed by atoms with Crippen molar-refractivity contribution in [3.8, 4) is 0 Å². The van der Waals surface area contributed by atoms with Gasteiger partial charge in [0.2, 0.25) is 5.13 Å². The molecular formula is C11H16N6S2. The highest BCUT2D eigenvalue weighted by atomic mass is 32.2. The van der Waals surface area contributed by atoms with Gasteiger partial charge in [-0.2, -0.15) is 0 Å². The first kappa shape index (κ1) is 14.2. The van der Waals surface area contributed by atoms with E-state index in [2.05, 4.69) is 20.2 Å². The van der Waals surface area contributed by atoms with E-state index in [1.165, 1.54) is 23.1 Å². The Morgan fingerprint density at radius 2 is 2.00 bits per heavy atom. The summed E-state index contributed by atoms with van der Waals surface area (Å²) in [6.45, 7) is 1.96. The Hall–Kier alpha value is -1.25. The molecule has 8 heteroatoms. The molecule has 0 saturated carbocycles. The molecule has 1 unspecified atom stereocenters. The van der Waals surface area contributed by atoms with E-state index in [1.807, 2.05) is 38.3 Å². The second-order valence-corrected chi connectivity index (χ2v) is 6.57. The van der Waals surface area contributed by atoms with E-state index in [9.17, 15) is 0 Å². The first-order chi connectivity index (χ1) is 9.04. The molecule has 0 radical (unpaired) electrons. The molecule has 1 atom stereocenters. The van der Waals surface area contributed by atoms with Crippen LogP contribution in [0.5, 0.6) is 0 Å². The third kappa shape index (κ3) is 4.12. The summed E-state index contributed by atoms with van der Waals surface area (Å²) in [4.78, 5) is 10.5. The van der Waals surface area contributed by atoms with E-state index >= 15 is 0 Å². The number of rotatable bonds is 5. The summed E-state index contributed by atoms with van der Waals surface area (Å²) in [6, 6.07) is 0.118. The molecule has 2 rings (SSSR count). The first-order valence-electron chi connectivity index (χ1n) is 5.80. The number of nitrogens with zero attached hydrogens (tertiary/aromatic N) is 5. The Kier molecular flexibility index (Phi) is 4.67. The zero-order valence-electron chi connectivity index (χ0n) is 11.1. The van der Waals surface area contributed by atoms with Gasteiger partial charge in [-0.1, -0.05) is 11.3 Å². The molecule has 0 spiro atoms. The van der Waals surface area contributed by atoms with Gasteiger partial charge in [0.25, 0.3) is 0 Å². The van der Waals surface area contributed by atoms with Gasteiger partial charge in [0.15, 0.2) is 9.50 Å². The molecule has 0 amide bonds. The number of hydrogen-bond acceptors (Lipinski definition) is 8. The van der Waals surface area contributed by atoms with E-state index in [-0.39, 0.29) is 6.04 Å². The van der Waals surface area contributed by atoms with Gasteiger partial charge in [0, 0.05) is 32.5 Å². The standard InChI is InChI=1S/C11H16N6S2/c1-7(12)4-8-5-13-9(14-6-8)18-11-16-15-10(19-11)17(2)3/h5-7H,4,12H2,1-3H3. The van der Waals surface area contributed by atoms with Gasteiger partial charge in [-0.05, 0) is 30.7 Å². The largest absolute Gasteiger partial charge is 0.353 e. The third-order valence-electron chi connectivity index (χ3n) is 2.20. The summed E-state index contributed by atoms with van der Waals surface area (Å²) in [7, 11) is 3.88. The SMILES string of the molecule is CC(N)Cc1cnc(Sc2nnc(N(C)C)s2)nc1. The Bertz CT molecular complexity index is 522. The first-order valence-corrected chi connectivity index (χ1v) is 7.43. The van der Waals surface area contributed by atoms with E-state index in [0.717, 1.165) is 21.5 Å². The molecule has 6 nitrogen and oxygen atoms in total. The molecule has 19 heavy (non-hydrogen) atoms. The number of anilines is 1. The fourth-order valence-electron chi connectivity index (χ4n) is 1.38. The van der Waals surface area contributed by atoms with Crippen molar-refractivity contribution in [2.24, 2.45) is 5.73 Å². The van der Waals surface area contributed by atoms with Crippen molar-refractivity contribution in [3.05, 3.63) is 18.0 Å². The van der Waals surface area contributed by atoms with Gasteiger partial charge in [-0.15, -0.1) is 10.2 Å². The van der Waals surface area contributed by atoms with Crippen molar-refractivity contribution < 1.29 is 0 Å². The molecule has 2 aromatic heterocycles. The second kappa shape index (κ2) is 6.27. The average Bonchev–Trinajstić information content (AvgIpc) is 2.80. The summed E-state index contributed by atoms with van der Waals surface area (Å²) in [5.41, 5.74) is 6.78. The lowest BCUT2D eigenvalue weighted by Gasteiger charge is -2.04. The average molecular weight is 296 g/mol. The molecule has 0 aliphatic heterocycles. The number of nitrogens with two attached hydrogens (primary N) is 1. The van der Waals surface area contributed by atoms with Crippen molar-refractivity contribution in [1.29, 1.82) is 0 Å². The van der Waals surface area contributed by atoms with Crippen LogP contribution in [0.25, 0.3) is 0 Å². The zero-order chi connectivity index (χ0) is 13.8. The normalized spacial score (nSPS) is 12.4. The quantitative estimate of drug-likeness (QED) is 0.836. The van der Waals surface area contributed by atoms with Crippen LogP contribution in [0.1, 0.15) is 12.5 Å². The summed E-state index contributed by atoms with van der Waals surface area (Å²) in [5, 5.41) is 9.71. The topological polar surface area (TPSA) is 80.8 Å². The van der Waals surface area contributed by atoms with Crippen LogP contribution in [0.15, 0.2) is 21.9 Å². The molecule has 2 heterocycles. The van der Waals surface area contributed by atoms with Crippen LogP contribution in [0.2, 0.25) is 0 Å². The molecule has 0 saturated heterocycles. The van der Waals surface area contributed by atoms with Crippen molar-refractivity contribution in [3.63, 3.8) is 0 Å². The van der Waals surface area contributed by atoms with Crippen molar-refractivity contribution in [2.75, 3.05) is 19.0 Å². The molecule has 0 bridgehead atoms. The van der Waals surface area contributed by atoms with Crippen molar-refractivity contribution >= 4 is 28.2 Å². The molecule has 0 aliphatic carbocycles. The smallest absolute Gasteiger partial charge is 0.208 e. The number of hydrogen-bond donors (Lipinski definition) is 1. The second-order valence-electron chi connectivity index (χ2n) is 4.40. The Morgan fingerprint density at radius 1 is 1.32 bits per heavy atom. The molecule has 2 N–H and O–H groups in total. The minimum absolute atomic E-state index is 0.118. The lowest BCUT2D eigenvalue weighted by Crippen LogP contribution is -2.17. The molecular weight excluding hydrogens is 280 g/mol. The minimum Gasteiger partial charge on any atom is -0.353 e. The lowest BCUT2D eigenvalue weighted by atomic mass is 10.1. The minimum atomic E-state index is 0.118. The summed E-state index contributed by atoms with van der Waals surface area (Å²) in [6.07, 6.45) is 4.41. The third-order valence-corrected chi connectivity index (χ3v) is 4.23. The van der Waals surface area contributed by atoms with Gasteiger partial charge in [-0.3, -0.25) is 0 Å². The molecule has 2 aromatic rings. The Balaban J connectivity index is 2.02. The fourth-order valence-corrected chi connectivity index (χ4v) is 2.94. The van der Waals surface area contributed by atoms with Gasteiger partial charge in [-0.25, -0.2) is 9.97 Å². The van der Waals surface area contributed by atoms with Crippen LogP contribution in [-0.2, 0) is 6.42 Å². The highest BCUT2D eigenvalue weighted by Gasteiger charge is 2.09. The molecule has 0 fully saturated rings. The maximum absolute atomic E-state index is 5.74. The maximum atomic E-state index is 5.74. The van der Waals surface area contributed by atoms with Crippen molar-refractivity contribution in [1.82, 2.24) is 20.2 Å². The lowest BCUT2D eigenvalue weighted by molar-refractivity contribution is 0.727. The summed E-state index contributed by atoms with van der Waals surface area (Å²) >= 11 is 2.94. The van der Waals surface area contributed by atoms with Gasteiger partial charge in [0.05, 0.1) is 0 Å². The van der Waals surface area contributed by atoms with Crippen LogP contribution < -0.4 is 10.6 Å². The van der Waals surface area contributed by atoms with Gasteiger partial charge in [0.1, 0.15) is 0 Å². The van der Waals surface area contributed by atoms with E-state index in [1.54, 1.807) is 0 Å². The van der Waals surface area contributed by atoms with E-state index in [0.29, 0.717) is 5.16 Å². The number of aromatic nitrogens is 4. The monoisotopic (exact) mass is 296 g/mol. The Labute approximate surface area is 120 Å². The molecule has 102 valence electrons. The Morgan fingerprint density at radius 3 is 2.53 bits per heavy atom. The highest BCUT2D eigenvalue weighted by Crippen LogP contribution is 2.30. The van der Waals surface area contributed by atoms with E-state index in [4.69, 9.17) is 5.73 Å². The molecule has 0 aliphatic rings. The van der Waals surface area contributed by atoms with Crippen LogP contribution in [0.4, 0.5) is 5.13 Å². The van der Waals surface area contributed by atoms with Crippen LogP contribution in [0.3, 0.4) is 0 Å². The van der Waals surface area contributed by atoms with Crippen molar-refractivity contribution in [2.45, 2.75) is 28.9 Å². The van der Waals surface area contributed by atoms with E-state index < -0.39 is 0 Å². The predicted octanol–water partition coefficient (Wildman–Crippen LogP) is 1.44. The summed E-state index contributed by atoms with van der Waals surface area (Å²) < 4.78 is 0.837. The zero-order valence-corrected chi connectivity index (χ0v) is 12.7. The molecule has 0 aromatic carbocycles. The van der Waals surface area contributed by atoms with Crippen LogP contribution in [-0.4, -0.2) is 40.3 Å².